The van der Waals surface area contributed by atoms with Crippen LogP contribution in [0.25, 0.3) is 0 Å². The van der Waals surface area contributed by atoms with Gasteiger partial charge in [-0.15, -0.1) is 0 Å². The third-order valence-electron chi connectivity index (χ3n) is 5.05. The Balaban J connectivity index is 2.96. The minimum Gasteiger partial charge on any atom is -0.481 e. The van der Waals surface area contributed by atoms with Gasteiger partial charge in [-0.25, -0.2) is 4.79 Å². The third-order valence-corrected chi connectivity index (χ3v) is 5.42. The number of carbonyl (C=O) groups is 5. The highest BCUT2D eigenvalue weighted by Crippen LogP contribution is 2.07. The quantitative estimate of drug-likeness (QED) is 0.160. The standard InChI is InChI=1S/C23H34N4O7S/c1-13(2)10-15(24)20(30)26-17(11-14-6-4-3-5-7-14)21(31)27-18(12-35)22(32)25-16(23(33)34)8-9-19(28)29/h3-7,13,15-18,35H,8-12,24H2,1-2H3,(H,25,32)(H,26,30)(H,27,31)(H,28,29)(H,33,34). The van der Waals surface area contributed by atoms with Crippen LogP contribution in [0.5, 0.6) is 0 Å². The molecule has 0 spiro atoms. The van der Waals surface area contributed by atoms with Crippen LogP contribution >= 0.6 is 12.6 Å². The van der Waals surface area contributed by atoms with Crippen molar-refractivity contribution in [1.29, 1.82) is 0 Å². The summed E-state index contributed by atoms with van der Waals surface area (Å²) in [6, 6.07) is 4.38. The summed E-state index contributed by atoms with van der Waals surface area (Å²) in [4.78, 5) is 60.4. The molecule has 11 nitrogen and oxygen atoms in total. The average molecular weight is 511 g/mol. The summed E-state index contributed by atoms with van der Waals surface area (Å²) in [6.07, 6.45) is -0.245. The Morgan fingerprint density at radius 1 is 0.886 bits per heavy atom. The normalized spacial score (nSPS) is 14.3. The van der Waals surface area contributed by atoms with Crippen LogP contribution in [0, 0.1) is 5.92 Å². The number of carboxylic acids is 2. The van der Waals surface area contributed by atoms with Gasteiger partial charge in [-0.05, 0) is 24.3 Å². The van der Waals surface area contributed by atoms with Gasteiger partial charge in [-0.1, -0.05) is 44.2 Å². The fourth-order valence-corrected chi connectivity index (χ4v) is 3.47. The molecule has 0 radical (unpaired) electrons. The molecule has 4 atom stereocenters. The number of hydrogen-bond acceptors (Lipinski definition) is 7. The van der Waals surface area contributed by atoms with E-state index >= 15 is 0 Å². The summed E-state index contributed by atoms with van der Waals surface area (Å²) in [5.74, 6) is -4.64. The molecule has 0 saturated heterocycles. The molecule has 1 rings (SSSR count). The fourth-order valence-electron chi connectivity index (χ4n) is 3.22. The van der Waals surface area contributed by atoms with E-state index in [1.54, 1.807) is 30.3 Å². The van der Waals surface area contributed by atoms with Crippen LogP contribution in [0.4, 0.5) is 0 Å². The number of nitrogens with one attached hydrogen (secondary N) is 3. The van der Waals surface area contributed by atoms with E-state index < -0.39 is 60.2 Å². The maximum absolute atomic E-state index is 13.1. The van der Waals surface area contributed by atoms with Crippen LogP contribution in [0.2, 0.25) is 0 Å². The molecule has 0 heterocycles. The van der Waals surface area contributed by atoms with Gasteiger partial charge in [0.15, 0.2) is 0 Å². The van der Waals surface area contributed by atoms with Crippen molar-refractivity contribution in [2.45, 2.75) is 63.7 Å². The Hall–Kier alpha value is -3.12. The highest BCUT2D eigenvalue weighted by molar-refractivity contribution is 7.80. The van der Waals surface area contributed by atoms with Crippen molar-refractivity contribution >= 4 is 42.3 Å². The van der Waals surface area contributed by atoms with Crippen molar-refractivity contribution in [2.24, 2.45) is 11.7 Å². The van der Waals surface area contributed by atoms with E-state index in [0.29, 0.717) is 6.42 Å². The molecule has 3 amide bonds. The van der Waals surface area contributed by atoms with Crippen molar-refractivity contribution in [3.05, 3.63) is 35.9 Å². The molecule has 12 heteroatoms. The first-order chi connectivity index (χ1) is 16.4. The van der Waals surface area contributed by atoms with E-state index in [1.807, 2.05) is 13.8 Å². The maximum Gasteiger partial charge on any atom is 0.326 e. The Kier molecular flexibility index (Phi) is 12.8. The van der Waals surface area contributed by atoms with Gasteiger partial charge in [-0.2, -0.15) is 12.6 Å². The van der Waals surface area contributed by atoms with Crippen molar-refractivity contribution < 1.29 is 34.2 Å². The minimum absolute atomic E-state index is 0.129. The van der Waals surface area contributed by atoms with E-state index in [0.717, 1.165) is 5.56 Å². The number of benzene rings is 1. The van der Waals surface area contributed by atoms with Gasteiger partial charge in [0, 0.05) is 18.6 Å². The number of hydrogen-bond donors (Lipinski definition) is 7. The van der Waals surface area contributed by atoms with Crippen LogP contribution in [0.1, 0.15) is 38.7 Å². The van der Waals surface area contributed by atoms with Gasteiger partial charge in [0.1, 0.15) is 18.1 Å². The summed E-state index contributed by atoms with van der Waals surface area (Å²) in [5, 5.41) is 25.4. The van der Waals surface area contributed by atoms with Crippen LogP contribution in [-0.4, -0.2) is 69.8 Å². The zero-order chi connectivity index (χ0) is 26.5. The Morgan fingerprint density at radius 3 is 1.94 bits per heavy atom. The molecule has 0 aromatic heterocycles. The highest BCUT2D eigenvalue weighted by Gasteiger charge is 2.30. The van der Waals surface area contributed by atoms with Gasteiger partial charge < -0.3 is 31.9 Å². The molecular formula is C23H34N4O7S. The molecule has 1 aromatic carbocycles. The summed E-state index contributed by atoms with van der Waals surface area (Å²) >= 11 is 4.07. The number of carbonyl (C=O) groups excluding carboxylic acids is 3. The van der Waals surface area contributed by atoms with Gasteiger partial charge in [-0.3, -0.25) is 19.2 Å². The van der Waals surface area contributed by atoms with E-state index in [1.165, 1.54) is 0 Å². The molecule has 7 N–H and O–H groups in total. The van der Waals surface area contributed by atoms with Crippen LogP contribution in [0.3, 0.4) is 0 Å². The first-order valence-corrected chi connectivity index (χ1v) is 11.8. The highest BCUT2D eigenvalue weighted by atomic mass is 32.1. The average Bonchev–Trinajstić information content (AvgIpc) is 2.79. The SMILES string of the molecule is CC(C)CC(N)C(=O)NC(Cc1ccccc1)C(=O)NC(CS)C(=O)NC(CCC(=O)O)C(=O)O. The van der Waals surface area contributed by atoms with Crippen LogP contribution in [-0.2, 0) is 30.4 Å². The minimum atomic E-state index is -1.45. The second kappa shape index (κ2) is 15.0. The van der Waals surface area contributed by atoms with E-state index in [2.05, 4.69) is 28.6 Å². The Labute approximate surface area is 209 Å². The second-order valence-corrected chi connectivity index (χ2v) is 8.93. The molecule has 0 aliphatic carbocycles. The number of amides is 3. The monoisotopic (exact) mass is 510 g/mol. The number of thiol groups is 1. The van der Waals surface area contributed by atoms with Crippen molar-refractivity contribution in [3.8, 4) is 0 Å². The molecule has 35 heavy (non-hydrogen) atoms. The largest absolute Gasteiger partial charge is 0.481 e. The zero-order valence-electron chi connectivity index (χ0n) is 19.8. The topological polar surface area (TPSA) is 188 Å². The predicted molar refractivity (Wildman–Crippen MR) is 132 cm³/mol. The third kappa shape index (κ3) is 11.2. The smallest absolute Gasteiger partial charge is 0.326 e. The summed E-state index contributed by atoms with van der Waals surface area (Å²) in [7, 11) is 0. The van der Waals surface area contributed by atoms with Crippen LogP contribution < -0.4 is 21.7 Å². The van der Waals surface area contributed by atoms with Crippen molar-refractivity contribution in [2.75, 3.05) is 5.75 Å². The van der Waals surface area contributed by atoms with Gasteiger partial charge >= 0.3 is 11.9 Å². The first-order valence-electron chi connectivity index (χ1n) is 11.2. The number of carboxylic acid groups (broad SMARTS) is 2. The number of rotatable bonds is 15. The molecule has 1 aromatic rings. The van der Waals surface area contributed by atoms with Gasteiger partial charge in [0.25, 0.3) is 0 Å². The van der Waals surface area contributed by atoms with Crippen LogP contribution in [0.15, 0.2) is 30.3 Å². The lowest BCUT2D eigenvalue weighted by molar-refractivity contribution is -0.143. The molecular weight excluding hydrogens is 476 g/mol. The molecule has 0 aliphatic heterocycles. The van der Waals surface area contributed by atoms with E-state index in [-0.39, 0.29) is 24.5 Å². The Bertz CT molecular complexity index is 882. The molecule has 0 saturated carbocycles. The lowest BCUT2D eigenvalue weighted by Gasteiger charge is -2.25. The molecule has 0 fully saturated rings. The zero-order valence-corrected chi connectivity index (χ0v) is 20.7. The van der Waals surface area contributed by atoms with E-state index in [4.69, 9.17) is 10.8 Å². The number of nitrogens with two attached hydrogens (primary N) is 1. The lowest BCUT2D eigenvalue weighted by atomic mass is 10.0. The molecule has 4 unspecified atom stereocenters. The summed E-state index contributed by atoms with van der Waals surface area (Å²) < 4.78 is 0. The summed E-state index contributed by atoms with van der Waals surface area (Å²) in [6.45, 7) is 3.83. The molecule has 0 aliphatic rings. The Morgan fingerprint density at radius 2 is 1.43 bits per heavy atom. The summed E-state index contributed by atoms with van der Waals surface area (Å²) in [5.41, 5.74) is 6.71. The first kappa shape index (κ1) is 29.9. The van der Waals surface area contributed by atoms with Crippen molar-refractivity contribution in [3.63, 3.8) is 0 Å². The second-order valence-electron chi connectivity index (χ2n) is 8.56. The van der Waals surface area contributed by atoms with Crippen molar-refractivity contribution in [1.82, 2.24) is 16.0 Å². The molecule has 0 bridgehead atoms. The van der Waals surface area contributed by atoms with Gasteiger partial charge in [0.2, 0.25) is 17.7 Å². The lowest BCUT2D eigenvalue weighted by Crippen LogP contribution is -2.58. The maximum atomic E-state index is 13.1. The predicted octanol–water partition coefficient (Wildman–Crippen LogP) is -0.0639. The molecule has 194 valence electrons. The van der Waals surface area contributed by atoms with E-state index in [9.17, 15) is 29.1 Å². The fraction of sp³-hybridized carbons (Fsp3) is 0.522. The number of aliphatic carboxylic acids is 2. The van der Waals surface area contributed by atoms with Gasteiger partial charge in [0.05, 0.1) is 6.04 Å².